The number of benzene rings is 3. The Labute approximate surface area is 213 Å². The molecule has 0 radical (unpaired) electrons. The number of methoxy groups -OCH3 is 3. The van der Waals surface area contributed by atoms with Crippen molar-refractivity contribution in [2.75, 3.05) is 26.2 Å². The molecule has 2 N–H and O–H groups in total. The van der Waals surface area contributed by atoms with Crippen molar-refractivity contribution in [3.05, 3.63) is 89.1 Å². The standard InChI is InChI=1S/C29H26N2O6/c1-16-24(20-10-5-6-11-21(20)30-16)26-25(27(32)17-12-13-22(36-3)23(14-17)37-4)28(33)29(34)31(26)18-8-7-9-19(15-18)35-2/h5-15,26,30,32H,1-4H3/b27-25+. The minimum absolute atomic E-state index is 0.0205. The summed E-state index contributed by atoms with van der Waals surface area (Å²) in [5, 5.41) is 12.4. The molecule has 1 aliphatic rings. The molecule has 5 rings (SSSR count). The van der Waals surface area contributed by atoms with Crippen LogP contribution in [0, 0.1) is 6.92 Å². The Kier molecular flexibility index (Phi) is 6.09. The number of aromatic nitrogens is 1. The lowest BCUT2D eigenvalue weighted by Crippen LogP contribution is -2.29. The van der Waals surface area contributed by atoms with Crippen LogP contribution in [0.3, 0.4) is 0 Å². The number of aliphatic hydroxyl groups excluding tert-OH is 1. The van der Waals surface area contributed by atoms with Crippen LogP contribution in [-0.4, -0.2) is 43.1 Å². The van der Waals surface area contributed by atoms with E-state index in [2.05, 4.69) is 4.98 Å². The Morgan fingerprint density at radius 1 is 0.892 bits per heavy atom. The summed E-state index contributed by atoms with van der Waals surface area (Å²) in [5.74, 6) is -0.448. The maximum absolute atomic E-state index is 13.6. The highest BCUT2D eigenvalue weighted by molar-refractivity contribution is 6.52. The van der Waals surface area contributed by atoms with Gasteiger partial charge in [0.25, 0.3) is 11.7 Å². The van der Waals surface area contributed by atoms with Gasteiger partial charge in [0.05, 0.1) is 32.9 Å². The molecule has 1 saturated heterocycles. The van der Waals surface area contributed by atoms with Crippen LogP contribution >= 0.6 is 0 Å². The van der Waals surface area contributed by atoms with E-state index in [9.17, 15) is 14.7 Å². The molecule has 1 aromatic heterocycles. The Bertz CT molecular complexity index is 1570. The molecular weight excluding hydrogens is 472 g/mol. The Balaban J connectivity index is 1.80. The number of carbonyl (C=O) groups excluding carboxylic acids is 2. The summed E-state index contributed by atoms with van der Waals surface area (Å²) >= 11 is 0. The van der Waals surface area contributed by atoms with Gasteiger partial charge in [-0.1, -0.05) is 24.3 Å². The summed E-state index contributed by atoms with van der Waals surface area (Å²) < 4.78 is 16.1. The van der Waals surface area contributed by atoms with Gasteiger partial charge >= 0.3 is 0 Å². The van der Waals surface area contributed by atoms with Crippen LogP contribution in [0.2, 0.25) is 0 Å². The maximum Gasteiger partial charge on any atom is 0.300 e. The number of aryl methyl sites for hydroxylation is 1. The molecule has 1 aliphatic heterocycles. The number of nitrogens with zero attached hydrogens (tertiary/aromatic N) is 1. The molecule has 8 nitrogen and oxygen atoms in total. The van der Waals surface area contributed by atoms with Crippen molar-refractivity contribution in [2.45, 2.75) is 13.0 Å². The summed E-state index contributed by atoms with van der Waals surface area (Å²) in [4.78, 5) is 31.9. The lowest BCUT2D eigenvalue weighted by Gasteiger charge is -2.26. The number of hydrogen-bond acceptors (Lipinski definition) is 6. The second kappa shape index (κ2) is 9.39. The average Bonchev–Trinajstić information content (AvgIpc) is 3.39. The van der Waals surface area contributed by atoms with E-state index < -0.39 is 17.7 Å². The molecule has 0 aliphatic carbocycles. The maximum atomic E-state index is 13.6. The molecule has 3 aromatic carbocycles. The van der Waals surface area contributed by atoms with Gasteiger partial charge in [-0.25, -0.2) is 0 Å². The number of ketones is 1. The molecule has 2 heterocycles. The topological polar surface area (TPSA) is 101 Å². The molecule has 8 heteroatoms. The van der Waals surface area contributed by atoms with E-state index in [1.807, 2.05) is 31.2 Å². The number of anilines is 1. The smallest absolute Gasteiger partial charge is 0.300 e. The van der Waals surface area contributed by atoms with Crippen molar-refractivity contribution in [1.29, 1.82) is 0 Å². The van der Waals surface area contributed by atoms with Crippen molar-refractivity contribution in [3.8, 4) is 17.2 Å². The van der Waals surface area contributed by atoms with Crippen LogP contribution in [0.4, 0.5) is 5.69 Å². The van der Waals surface area contributed by atoms with E-state index in [1.54, 1.807) is 42.5 Å². The molecule has 0 spiro atoms. The lowest BCUT2D eigenvalue weighted by atomic mass is 9.93. The zero-order valence-corrected chi connectivity index (χ0v) is 20.9. The first-order valence-electron chi connectivity index (χ1n) is 11.6. The first-order valence-corrected chi connectivity index (χ1v) is 11.6. The number of para-hydroxylation sites is 1. The fraction of sp³-hybridized carbons (Fsp3) is 0.172. The monoisotopic (exact) mass is 498 g/mol. The number of hydrogen-bond donors (Lipinski definition) is 2. The van der Waals surface area contributed by atoms with E-state index in [4.69, 9.17) is 14.2 Å². The normalized spacial score (nSPS) is 16.9. The Hall–Kier alpha value is -4.72. The fourth-order valence-corrected chi connectivity index (χ4v) is 4.92. The van der Waals surface area contributed by atoms with Crippen LogP contribution in [0.5, 0.6) is 17.2 Å². The molecule has 188 valence electrons. The van der Waals surface area contributed by atoms with Gasteiger partial charge in [-0.2, -0.15) is 0 Å². The Morgan fingerprint density at radius 3 is 2.38 bits per heavy atom. The number of carbonyl (C=O) groups is 2. The number of nitrogens with one attached hydrogen (secondary N) is 1. The number of rotatable bonds is 6. The number of fused-ring (bicyclic) bond motifs is 1. The highest BCUT2D eigenvalue weighted by Gasteiger charge is 2.48. The van der Waals surface area contributed by atoms with Gasteiger partial charge in [0.15, 0.2) is 11.5 Å². The minimum atomic E-state index is -0.892. The summed E-state index contributed by atoms with van der Waals surface area (Å²) in [5.41, 5.74) is 3.13. The predicted octanol–water partition coefficient (Wildman–Crippen LogP) is 5.13. The first-order chi connectivity index (χ1) is 17.9. The third-order valence-electron chi connectivity index (χ3n) is 6.65. The molecule has 1 atom stereocenters. The molecule has 0 saturated carbocycles. The molecule has 1 amide bonds. The number of ether oxygens (including phenoxy) is 3. The largest absolute Gasteiger partial charge is 0.507 e. The minimum Gasteiger partial charge on any atom is -0.507 e. The van der Waals surface area contributed by atoms with E-state index in [1.165, 1.54) is 26.2 Å². The SMILES string of the molecule is COc1cccc(N2C(=O)C(=O)/C(=C(/O)c3ccc(OC)c(OC)c3)C2c2c(C)[nH]c3ccccc23)c1. The van der Waals surface area contributed by atoms with E-state index in [-0.39, 0.29) is 11.3 Å². The van der Waals surface area contributed by atoms with Crippen LogP contribution in [-0.2, 0) is 9.59 Å². The third kappa shape index (κ3) is 3.87. The van der Waals surface area contributed by atoms with Gasteiger partial charge in [-0.05, 0) is 43.3 Å². The summed E-state index contributed by atoms with van der Waals surface area (Å²) in [7, 11) is 4.53. The number of Topliss-reactive ketones (excluding diaryl/α,β-unsaturated/α-hetero) is 1. The van der Waals surface area contributed by atoms with Crippen molar-refractivity contribution < 1.29 is 28.9 Å². The van der Waals surface area contributed by atoms with Crippen LogP contribution in [0.25, 0.3) is 16.7 Å². The van der Waals surface area contributed by atoms with Gasteiger partial charge in [-0.3, -0.25) is 14.5 Å². The summed E-state index contributed by atoms with van der Waals surface area (Å²) in [6.45, 7) is 1.89. The predicted molar refractivity (Wildman–Crippen MR) is 140 cm³/mol. The van der Waals surface area contributed by atoms with Gasteiger partial charge in [0.2, 0.25) is 0 Å². The number of aromatic amines is 1. The van der Waals surface area contributed by atoms with E-state index in [0.29, 0.717) is 28.5 Å². The summed E-state index contributed by atoms with van der Waals surface area (Å²) in [6, 6.07) is 18.5. The third-order valence-corrected chi connectivity index (χ3v) is 6.65. The second-order valence-electron chi connectivity index (χ2n) is 8.65. The van der Waals surface area contributed by atoms with E-state index in [0.717, 1.165) is 22.2 Å². The van der Waals surface area contributed by atoms with Gasteiger partial charge in [-0.15, -0.1) is 0 Å². The molecule has 4 aromatic rings. The zero-order chi connectivity index (χ0) is 26.3. The molecule has 1 fully saturated rings. The number of amides is 1. The van der Waals surface area contributed by atoms with Gasteiger partial charge in [0.1, 0.15) is 11.5 Å². The Morgan fingerprint density at radius 2 is 1.65 bits per heavy atom. The zero-order valence-electron chi connectivity index (χ0n) is 20.9. The number of aliphatic hydroxyl groups is 1. The second-order valence-corrected chi connectivity index (χ2v) is 8.65. The van der Waals surface area contributed by atoms with Crippen LogP contribution in [0.15, 0.2) is 72.3 Å². The van der Waals surface area contributed by atoms with Crippen molar-refractivity contribution in [3.63, 3.8) is 0 Å². The molecule has 0 bridgehead atoms. The summed E-state index contributed by atoms with van der Waals surface area (Å²) in [6.07, 6.45) is 0. The highest BCUT2D eigenvalue weighted by Crippen LogP contribution is 2.46. The van der Waals surface area contributed by atoms with Crippen LogP contribution < -0.4 is 19.1 Å². The fourth-order valence-electron chi connectivity index (χ4n) is 4.92. The van der Waals surface area contributed by atoms with Crippen molar-refractivity contribution in [2.24, 2.45) is 0 Å². The number of H-pyrrole nitrogens is 1. The van der Waals surface area contributed by atoms with E-state index >= 15 is 0 Å². The van der Waals surface area contributed by atoms with Crippen LogP contribution in [0.1, 0.15) is 22.9 Å². The lowest BCUT2D eigenvalue weighted by molar-refractivity contribution is -0.132. The first kappa shape index (κ1) is 24.0. The quantitative estimate of drug-likeness (QED) is 0.217. The van der Waals surface area contributed by atoms with Crippen molar-refractivity contribution >= 4 is 34.0 Å². The van der Waals surface area contributed by atoms with Gasteiger partial charge in [0, 0.05) is 39.5 Å². The highest BCUT2D eigenvalue weighted by atomic mass is 16.5. The van der Waals surface area contributed by atoms with Crippen molar-refractivity contribution in [1.82, 2.24) is 4.98 Å². The molecule has 37 heavy (non-hydrogen) atoms. The average molecular weight is 499 g/mol. The van der Waals surface area contributed by atoms with Gasteiger partial charge < -0.3 is 24.3 Å². The molecule has 1 unspecified atom stereocenters. The molecular formula is C29H26N2O6.